The van der Waals surface area contributed by atoms with Crippen molar-refractivity contribution in [2.45, 2.75) is 76.1 Å². The van der Waals surface area contributed by atoms with Crippen molar-refractivity contribution in [1.82, 2.24) is 0 Å². The van der Waals surface area contributed by atoms with Gasteiger partial charge in [-0.3, -0.25) is 9.59 Å². The highest BCUT2D eigenvalue weighted by molar-refractivity contribution is 6.45. The minimum Gasteiger partial charge on any atom is -0.446 e. The van der Waals surface area contributed by atoms with Crippen molar-refractivity contribution < 1.29 is 33.4 Å². The highest BCUT2D eigenvalue weighted by Crippen LogP contribution is 2.72. The van der Waals surface area contributed by atoms with E-state index in [1.54, 1.807) is 27.7 Å². The molecule has 9 atom stereocenters. The topological polar surface area (TPSA) is 89.9 Å². The number of rotatable bonds is 4. The zero-order valence-electron chi connectivity index (χ0n) is 20.1. The van der Waals surface area contributed by atoms with Gasteiger partial charge in [0.15, 0.2) is 11.8 Å². The Labute approximate surface area is 219 Å². The van der Waals surface area contributed by atoms with Gasteiger partial charge in [0.1, 0.15) is 6.17 Å². The molecule has 0 saturated heterocycles. The van der Waals surface area contributed by atoms with E-state index in [9.17, 15) is 19.5 Å². The summed E-state index contributed by atoms with van der Waals surface area (Å²) < 4.78 is 26.8. The molecule has 0 bridgehead atoms. The van der Waals surface area contributed by atoms with Crippen LogP contribution in [0.3, 0.4) is 0 Å². The summed E-state index contributed by atoms with van der Waals surface area (Å²) in [5, 5.41) is 11.6. The van der Waals surface area contributed by atoms with Gasteiger partial charge in [-0.25, -0.2) is 9.18 Å². The van der Waals surface area contributed by atoms with Crippen molar-refractivity contribution in [3.05, 3.63) is 22.8 Å². The predicted octanol–water partition coefficient (Wildman–Crippen LogP) is 4.82. The fourth-order valence-corrected chi connectivity index (χ4v) is 8.53. The molecule has 194 valence electrons. The molecule has 0 amide bonds. The fourth-order valence-electron chi connectivity index (χ4n) is 7.68. The Morgan fingerprint density at radius 3 is 2.51 bits per heavy atom. The van der Waals surface area contributed by atoms with Crippen molar-refractivity contribution in [3.63, 3.8) is 0 Å². The molecule has 6 nitrogen and oxygen atoms in total. The fraction of sp³-hybridized carbons (Fsp3) is 0.720. The van der Waals surface area contributed by atoms with Gasteiger partial charge in [0.2, 0.25) is 5.60 Å². The van der Waals surface area contributed by atoms with E-state index in [0.717, 1.165) is 0 Å². The minimum atomic E-state index is -1.72. The van der Waals surface area contributed by atoms with Gasteiger partial charge in [-0.2, -0.15) is 0 Å². The first-order valence-corrected chi connectivity index (χ1v) is 13.1. The summed E-state index contributed by atoms with van der Waals surface area (Å²) in [6.45, 7) is 6.86. The zero-order chi connectivity index (χ0) is 26.1. The summed E-state index contributed by atoms with van der Waals surface area (Å²) >= 11 is 19.3. The van der Waals surface area contributed by atoms with Crippen LogP contribution in [-0.2, 0) is 23.9 Å². The Kier molecular flexibility index (Phi) is 6.70. The largest absolute Gasteiger partial charge is 0.446 e. The molecule has 0 aromatic rings. The molecular weight excluding hydrogens is 522 g/mol. The van der Waals surface area contributed by atoms with E-state index in [-0.39, 0.29) is 29.9 Å². The van der Waals surface area contributed by atoms with Gasteiger partial charge < -0.3 is 14.6 Å². The van der Waals surface area contributed by atoms with Crippen LogP contribution in [0.15, 0.2) is 22.8 Å². The standard InChI is InChI=1S/C25H30Cl3FO6/c1-5-20(32)35-25(21(33)34-11-26)12(2)6-13-14-7-17(29)15-8-18(30)16(27)9-22(15,3)24(14,28)19(31)10-23(13,25)4/h8-9,12-14,17,19,31H,5-7,10-11H2,1-4H3/t12-,13+,14+,17+,19+,22+,23+,24+,25+/m1/s1. The number of aliphatic hydroxyl groups excluding tert-OH is 1. The normalized spacial score (nSPS) is 46.5. The van der Waals surface area contributed by atoms with Crippen molar-refractivity contribution in [1.29, 1.82) is 0 Å². The number of alkyl halides is 3. The average Bonchev–Trinajstić information content (AvgIpc) is 3.00. The summed E-state index contributed by atoms with van der Waals surface area (Å²) in [6, 6.07) is -0.431. The average molecular weight is 552 g/mol. The molecule has 1 N–H and O–H groups in total. The summed E-state index contributed by atoms with van der Waals surface area (Å²) in [7, 11) is 0. The summed E-state index contributed by atoms with van der Waals surface area (Å²) in [4.78, 5) is 36.8. The van der Waals surface area contributed by atoms with Crippen LogP contribution < -0.4 is 0 Å². The number of ketones is 1. The lowest BCUT2D eigenvalue weighted by Crippen LogP contribution is -2.70. The first-order valence-electron chi connectivity index (χ1n) is 11.8. The van der Waals surface area contributed by atoms with Crippen LogP contribution in [0.1, 0.15) is 53.4 Å². The molecule has 0 aliphatic heterocycles. The quantitative estimate of drug-likeness (QED) is 0.398. The van der Waals surface area contributed by atoms with Crippen molar-refractivity contribution >= 4 is 52.5 Å². The van der Waals surface area contributed by atoms with Crippen molar-refractivity contribution in [2.75, 3.05) is 6.07 Å². The number of hydrogen-bond donors (Lipinski definition) is 1. The first-order chi connectivity index (χ1) is 16.2. The third-order valence-corrected chi connectivity index (χ3v) is 10.6. The Hall–Kier alpha value is -1.15. The Bertz CT molecular complexity index is 1030. The van der Waals surface area contributed by atoms with Crippen molar-refractivity contribution in [3.8, 4) is 0 Å². The number of aliphatic hydroxyl groups is 1. The monoisotopic (exact) mass is 550 g/mol. The predicted molar refractivity (Wildman–Crippen MR) is 129 cm³/mol. The van der Waals surface area contributed by atoms with Crippen molar-refractivity contribution in [2.24, 2.45) is 28.6 Å². The van der Waals surface area contributed by atoms with E-state index in [1.165, 1.54) is 12.2 Å². The van der Waals surface area contributed by atoms with Gasteiger partial charge in [0.05, 0.1) is 16.0 Å². The lowest BCUT2D eigenvalue weighted by atomic mass is 9.45. The van der Waals surface area contributed by atoms with Gasteiger partial charge in [-0.15, -0.1) is 11.6 Å². The van der Waals surface area contributed by atoms with E-state index in [2.05, 4.69) is 0 Å². The number of esters is 2. The Morgan fingerprint density at radius 2 is 1.91 bits per heavy atom. The SMILES string of the molecule is CCC(=O)O[C@]1(C(=O)OCCl)[C@H](C)C[C@H]2[C@@H]3C[C@H](F)C4=CC(=O)C(Cl)=C[C@]4(C)[C@@]3(Cl)[C@@H](O)C[C@@]21C. The summed E-state index contributed by atoms with van der Waals surface area (Å²) in [5.41, 5.74) is -3.89. The number of allylic oxidation sites excluding steroid dienone is 4. The second kappa shape index (κ2) is 8.71. The second-order valence-corrected chi connectivity index (χ2v) is 12.0. The zero-order valence-corrected chi connectivity index (χ0v) is 22.3. The number of ether oxygens (including phenoxy) is 2. The van der Waals surface area contributed by atoms with Crippen LogP contribution in [0.5, 0.6) is 0 Å². The maximum absolute atomic E-state index is 15.7. The smallest absolute Gasteiger partial charge is 0.352 e. The molecule has 0 aromatic heterocycles. The molecule has 0 aromatic carbocycles. The third-order valence-electron chi connectivity index (χ3n) is 9.28. The third kappa shape index (κ3) is 3.33. The molecule has 0 heterocycles. The molecule has 0 unspecified atom stereocenters. The first kappa shape index (κ1) is 26.9. The molecule has 35 heavy (non-hydrogen) atoms. The number of carbonyl (C=O) groups is 3. The molecule has 3 fully saturated rings. The Balaban J connectivity index is 1.89. The molecule has 0 radical (unpaired) electrons. The lowest BCUT2D eigenvalue weighted by Gasteiger charge is -2.64. The molecule has 0 spiro atoms. The van der Waals surface area contributed by atoms with Crippen LogP contribution in [0, 0.1) is 28.6 Å². The highest BCUT2D eigenvalue weighted by atomic mass is 35.5. The maximum Gasteiger partial charge on any atom is 0.352 e. The molecular formula is C25H30Cl3FO6. The molecule has 10 heteroatoms. The second-order valence-electron chi connectivity index (χ2n) is 10.7. The molecule has 4 aliphatic rings. The van der Waals surface area contributed by atoms with E-state index < -0.39 is 75.1 Å². The summed E-state index contributed by atoms with van der Waals surface area (Å²) in [6.07, 6.45) is 0.227. The van der Waals surface area contributed by atoms with Crippen LogP contribution in [-0.4, -0.2) is 51.6 Å². The number of hydrogen-bond acceptors (Lipinski definition) is 6. The van der Waals surface area contributed by atoms with Gasteiger partial charge in [-0.05, 0) is 48.8 Å². The van der Waals surface area contributed by atoms with Gasteiger partial charge in [0.25, 0.3) is 0 Å². The molecule has 4 aliphatic carbocycles. The Morgan fingerprint density at radius 1 is 1.26 bits per heavy atom. The van der Waals surface area contributed by atoms with E-state index >= 15 is 4.39 Å². The van der Waals surface area contributed by atoms with Crippen LogP contribution in [0.4, 0.5) is 4.39 Å². The van der Waals surface area contributed by atoms with E-state index in [1.807, 2.05) is 0 Å². The molecule has 3 saturated carbocycles. The number of halogens is 4. The maximum atomic E-state index is 15.7. The number of fused-ring (bicyclic) bond motifs is 5. The summed E-state index contributed by atoms with van der Waals surface area (Å²) in [5.74, 6) is -3.42. The number of carbonyl (C=O) groups excluding carboxylic acids is 3. The van der Waals surface area contributed by atoms with Crippen LogP contribution >= 0.6 is 34.8 Å². The van der Waals surface area contributed by atoms with Gasteiger partial charge >= 0.3 is 11.9 Å². The lowest BCUT2D eigenvalue weighted by molar-refractivity contribution is -0.216. The van der Waals surface area contributed by atoms with E-state index in [4.69, 9.17) is 44.3 Å². The molecule has 4 rings (SSSR count). The van der Waals surface area contributed by atoms with E-state index in [0.29, 0.717) is 6.42 Å². The highest BCUT2D eigenvalue weighted by Gasteiger charge is 2.78. The van der Waals surface area contributed by atoms with Crippen LogP contribution in [0.25, 0.3) is 0 Å². The minimum absolute atomic E-state index is 0.0182. The van der Waals surface area contributed by atoms with Crippen LogP contribution in [0.2, 0.25) is 0 Å². The van der Waals surface area contributed by atoms with Gasteiger partial charge in [-0.1, -0.05) is 50.9 Å². The van der Waals surface area contributed by atoms with Gasteiger partial charge in [0, 0.05) is 23.2 Å².